The minimum absolute atomic E-state index is 0.100. The molecule has 0 aromatic carbocycles. The Morgan fingerprint density at radius 1 is 1.41 bits per heavy atom. The maximum Gasteiger partial charge on any atom is 0.207 e. The second-order valence-electron chi connectivity index (χ2n) is 4.33. The smallest absolute Gasteiger partial charge is 0.207 e. The quantitative estimate of drug-likeness (QED) is 0.719. The van der Waals surface area contributed by atoms with Gasteiger partial charge < -0.3 is 15.1 Å². The third-order valence-electron chi connectivity index (χ3n) is 2.97. The van der Waals surface area contributed by atoms with E-state index < -0.39 is 6.23 Å². The number of rotatable bonds is 5. The molecule has 0 saturated heterocycles. The van der Waals surface area contributed by atoms with Gasteiger partial charge in [0.1, 0.15) is 17.9 Å². The molecule has 4 nitrogen and oxygen atoms in total. The first-order valence-electron chi connectivity index (χ1n) is 6.08. The fraction of sp³-hybridized carbons (Fsp3) is 0.615. The Morgan fingerprint density at radius 3 is 2.71 bits per heavy atom. The van der Waals surface area contributed by atoms with Crippen molar-refractivity contribution in [3.63, 3.8) is 0 Å². The van der Waals surface area contributed by atoms with Crippen LogP contribution in [0.15, 0.2) is 23.1 Å². The van der Waals surface area contributed by atoms with E-state index in [4.69, 9.17) is 5.26 Å². The molecule has 17 heavy (non-hydrogen) atoms. The fourth-order valence-corrected chi connectivity index (χ4v) is 1.93. The maximum atomic E-state index is 9.91. The molecule has 0 saturated carbocycles. The summed E-state index contributed by atoms with van der Waals surface area (Å²) in [6, 6.07) is 1.96. The first-order chi connectivity index (χ1) is 8.11. The molecule has 1 rings (SSSR count). The number of aliphatic hydroxyl groups excluding tert-OH is 2. The van der Waals surface area contributed by atoms with Gasteiger partial charge in [-0.25, -0.2) is 0 Å². The van der Waals surface area contributed by atoms with Crippen LogP contribution in [0.3, 0.4) is 0 Å². The fourth-order valence-electron chi connectivity index (χ4n) is 1.93. The predicted molar refractivity (Wildman–Crippen MR) is 65.9 cm³/mol. The molecule has 1 heterocycles. The van der Waals surface area contributed by atoms with Crippen LogP contribution < -0.4 is 0 Å². The van der Waals surface area contributed by atoms with Crippen LogP contribution in [0.1, 0.15) is 39.5 Å². The van der Waals surface area contributed by atoms with Crippen molar-refractivity contribution in [2.75, 3.05) is 6.54 Å². The lowest BCUT2D eigenvalue weighted by Crippen LogP contribution is -2.37. The van der Waals surface area contributed by atoms with E-state index in [0.29, 0.717) is 12.1 Å². The largest absolute Gasteiger partial charge is 0.494 e. The van der Waals surface area contributed by atoms with Crippen LogP contribution in [-0.2, 0) is 0 Å². The lowest BCUT2D eigenvalue weighted by Gasteiger charge is -2.31. The van der Waals surface area contributed by atoms with Crippen LogP contribution in [0.4, 0.5) is 0 Å². The Balaban J connectivity index is 2.67. The summed E-state index contributed by atoms with van der Waals surface area (Å²) in [5.41, 5.74) is 0.882. The van der Waals surface area contributed by atoms with Crippen molar-refractivity contribution in [2.24, 2.45) is 0 Å². The van der Waals surface area contributed by atoms with Crippen LogP contribution in [0.2, 0.25) is 0 Å². The molecule has 0 amide bonds. The molecule has 0 radical (unpaired) electrons. The molecule has 0 bridgehead atoms. The van der Waals surface area contributed by atoms with Gasteiger partial charge in [0.25, 0.3) is 0 Å². The highest BCUT2D eigenvalue weighted by Gasteiger charge is 2.25. The molecule has 0 aromatic rings. The number of aliphatic hydroxyl groups is 2. The lowest BCUT2D eigenvalue weighted by atomic mass is 10.0. The van der Waals surface area contributed by atoms with Crippen molar-refractivity contribution in [3.05, 3.63) is 23.1 Å². The number of nitriles is 1. The zero-order valence-corrected chi connectivity index (χ0v) is 10.5. The van der Waals surface area contributed by atoms with Gasteiger partial charge >= 0.3 is 0 Å². The Hall–Kier alpha value is -1.47. The summed E-state index contributed by atoms with van der Waals surface area (Å²) in [5.74, 6) is -0.100. The molecule has 1 aliphatic heterocycles. The van der Waals surface area contributed by atoms with E-state index >= 15 is 0 Å². The number of hydrogen-bond acceptors (Lipinski definition) is 4. The van der Waals surface area contributed by atoms with Gasteiger partial charge in [0, 0.05) is 6.54 Å². The first kappa shape index (κ1) is 13.6. The third-order valence-corrected chi connectivity index (χ3v) is 2.97. The Morgan fingerprint density at radius 2 is 2.12 bits per heavy atom. The minimum Gasteiger partial charge on any atom is -0.494 e. The number of nitrogens with zero attached hydrogens (tertiary/aromatic N) is 2. The van der Waals surface area contributed by atoms with E-state index in [2.05, 4.69) is 6.92 Å². The summed E-state index contributed by atoms with van der Waals surface area (Å²) in [6.07, 6.45) is 5.03. The summed E-state index contributed by atoms with van der Waals surface area (Å²) < 4.78 is 0. The van der Waals surface area contributed by atoms with E-state index in [0.717, 1.165) is 25.7 Å². The van der Waals surface area contributed by atoms with Crippen LogP contribution in [0.25, 0.3) is 0 Å². The molecule has 4 heteroatoms. The van der Waals surface area contributed by atoms with Gasteiger partial charge in [0.15, 0.2) is 0 Å². The average molecular weight is 236 g/mol. The highest BCUT2D eigenvalue weighted by atomic mass is 16.3. The van der Waals surface area contributed by atoms with Crippen molar-refractivity contribution >= 4 is 0 Å². The zero-order chi connectivity index (χ0) is 12.8. The van der Waals surface area contributed by atoms with Crippen molar-refractivity contribution in [2.45, 2.75) is 45.8 Å². The van der Waals surface area contributed by atoms with Crippen molar-refractivity contribution in [1.82, 2.24) is 4.90 Å². The van der Waals surface area contributed by atoms with Gasteiger partial charge in [-0.15, -0.1) is 0 Å². The predicted octanol–water partition coefficient (Wildman–Crippen LogP) is 2.44. The second-order valence-corrected chi connectivity index (χ2v) is 4.33. The van der Waals surface area contributed by atoms with Crippen LogP contribution >= 0.6 is 0 Å². The molecule has 1 unspecified atom stereocenters. The Bertz CT molecular complexity index is 366. The molecule has 94 valence electrons. The summed E-state index contributed by atoms with van der Waals surface area (Å²) in [6.45, 7) is 4.42. The third kappa shape index (κ3) is 3.24. The molecule has 2 N–H and O–H groups in total. The summed E-state index contributed by atoms with van der Waals surface area (Å²) in [4.78, 5) is 1.47. The van der Waals surface area contributed by atoms with Crippen molar-refractivity contribution in [1.29, 1.82) is 5.26 Å². The molecule has 0 aliphatic carbocycles. The Kier molecular flexibility index (Phi) is 5.05. The summed E-state index contributed by atoms with van der Waals surface area (Å²) in [7, 11) is 0. The van der Waals surface area contributed by atoms with Gasteiger partial charge in [-0.2, -0.15) is 5.26 Å². The van der Waals surface area contributed by atoms with E-state index in [1.165, 1.54) is 4.90 Å². The summed E-state index contributed by atoms with van der Waals surface area (Å²) >= 11 is 0. The van der Waals surface area contributed by atoms with Crippen LogP contribution in [0, 0.1) is 11.3 Å². The molecule has 0 spiro atoms. The van der Waals surface area contributed by atoms with Gasteiger partial charge in [-0.05, 0) is 25.0 Å². The van der Waals surface area contributed by atoms with Crippen LogP contribution in [0.5, 0.6) is 0 Å². The molecule has 1 atom stereocenters. The molecule has 0 fully saturated rings. The number of unbranched alkanes of at least 4 members (excludes halogenated alkanes) is 3. The first-order valence-corrected chi connectivity index (χ1v) is 6.08. The van der Waals surface area contributed by atoms with Gasteiger partial charge in [0.2, 0.25) is 5.88 Å². The molecule has 1 aliphatic rings. The van der Waals surface area contributed by atoms with Gasteiger partial charge in [0.05, 0.1) is 0 Å². The molecular weight excluding hydrogens is 216 g/mol. The normalized spacial score (nSPS) is 20.2. The second kappa shape index (κ2) is 6.31. The van der Waals surface area contributed by atoms with E-state index in [1.54, 1.807) is 13.0 Å². The summed E-state index contributed by atoms with van der Waals surface area (Å²) in [5, 5.41) is 28.7. The highest BCUT2D eigenvalue weighted by Crippen LogP contribution is 2.24. The highest BCUT2D eigenvalue weighted by molar-refractivity contribution is 5.44. The topological polar surface area (TPSA) is 67.5 Å². The van der Waals surface area contributed by atoms with Crippen molar-refractivity contribution < 1.29 is 10.2 Å². The Labute approximate surface area is 102 Å². The van der Waals surface area contributed by atoms with E-state index in [9.17, 15) is 10.2 Å². The standard InChI is InChI=1S/C13H20N2O2/c1-3-4-5-6-7-15-12(16)8-10(2)11(9-14)13(15)17/h8,12,16-17H,3-7H2,1-2H3. The van der Waals surface area contributed by atoms with E-state index in [1.807, 2.05) is 6.07 Å². The lowest BCUT2D eigenvalue weighted by molar-refractivity contribution is 0.0253. The van der Waals surface area contributed by atoms with Gasteiger partial charge in [-0.1, -0.05) is 26.2 Å². The number of hydrogen-bond donors (Lipinski definition) is 2. The maximum absolute atomic E-state index is 9.91. The molecule has 0 aromatic heterocycles. The minimum atomic E-state index is -0.825. The zero-order valence-electron chi connectivity index (χ0n) is 10.5. The van der Waals surface area contributed by atoms with Crippen LogP contribution in [-0.4, -0.2) is 27.9 Å². The monoisotopic (exact) mass is 236 g/mol. The molecular formula is C13H20N2O2. The number of allylic oxidation sites excluding steroid dienone is 2. The van der Waals surface area contributed by atoms with E-state index in [-0.39, 0.29) is 11.5 Å². The van der Waals surface area contributed by atoms with Gasteiger partial charge in [-0.3, -0.25) is 0 Å². The SMILES string of the molecule is CCCCCCN1C(O)=C(C#N)C(C)=CC1O. The average Bonchev–Trinajstić information content (AvgIpc) is 2.28. The van der Waals surface area contributed by atoms with Crippen molar-refractivity contribution in [3.8, 4) is 6.07 Å².